The highest BCUT2D eigenvalue weighted by Crippen LogP contribution is 2.35. The van der Waals surface area contributed by atoms with Crippen LogP contribution in [0.4, 0.5) is 5.69 Å². The normalized spacial score (nSPS) is 17.2. The molecule has 2 aromatic rings. The van der Waals surface area contributed by atoms with E-state index in [1.54, 1.807) is 19.1 Å². The molecule has 29 heavy (non-hydrogen) atoms. The fourth-order valence-electron chi connectivity index (χ4n) is 4.11. The topological polar surface area (TPSA) is 66.5 Å². The molecule has 0 saturated heterocycles. The Labute approximate surface area is 174 Å². The number of fused-ring (bicyclic) bond motifs is 1. The van der Waals surface area contributed by atoms with Gasteiger partial charge in [-0.25, -0.2) is 8.42 Å². The molecule has 0 unspecified atom stereocenters. The minimum Gasteiger partial charge on any atom is -0.346 e. The molecule has 0 spiro atoms. The van der Waals surface area contributed by atoms with E-state index < -0.39 is 10.0 Å². The third-order valence-corrected chi connectivity index (χ3v) is 7.74. The molecule has 0 aliphatic carbocycles. The molecule has 0 fully saturated rings. The zero-order chi connectivity index (χ0) is 21.5. The Morgan fingerprint density at radius 1 is 1.14 bits per heavy atom. The molecular formula is C23H30N2O3S. The lowest BCUT2D eigenvalue weighted by Crippen LogP contribution is -2.36. The Balaban J connectivity index is 1.83. The highest BCUT2D eigenvalue weighted by molar-refractivity contribution is 7.92. The molecule has 0 radical (unpaired) electrons. The van der Waals surface area contributed by atoms with Crippen molar-refractivity contribution in [3.05, 3.63) is 63.7 Å². The van der Waals surface area contributed by atoms with Crippen LogP contribution < -0.4 is 9.62 Å². The van der Waals surface area contributed by atoms with Crippen molar-refractivity contribution in [2.24, 2.45) is 0 Å². The smallest absolute Gasteiger partial charge is 0.251 e. The number of hydrogen-bond acceptors (Lipinski definition) is 3. The van der Waals surface area contributed by atoms with Crippen LogP contribution in [0.3, 0.4) is 0 Å². The molecule has 2 aromatic carbocycles. The van der Waals surface area contributed by atoms with Crippen molar-refractivity contribution in [3.8, 4) is 0 Å². The summed E-state index contributed by atoms with van der Waals surface area (Å²) in [5.41, 5.74) is 6.85. The maximum atomic E-state index is 12.9. The fraction of sp³-hybridized carbons (Fsp3) is 0.435. The van der Waals surface area contributed by atoms with Gasteiger partial charge in [-0.1, -0.05) is 12.1 Å². The zero-order valence-electron chi connectivity index (χ0n) is 18.0. The number of nitrogens with zero attached hydrogens (tertiary/aromatic N) is 1. The van der Waals surface area contributed by atoms with Gasteiger partial charge in [0.25, 0.3) is 5.91 Å². The van der Waals surface area contributed by atoms with Gasteiger partial charge in [0.2, 0.25) is 10.0 Å². The van der Waals surface area contributed by atoms with Gasteiger partial charge >= 0.3 is 0 Å². The number of anilines is 1. The van der Waals surface area contributed by atoms with E-state index in [4.69, 9.17) is 0 Å². The van der Waals surface area contributed by atoms with Crippen LogP contribution in [-0.4, -0.2) is 26.1 Å². The van der Waals surface area contributed by atoms with E-state index in [2.05, 4.69) is 38.2 Å². The number of hydrogen-bond donors (Lipinski definition) is 1. The van der Waals surface area contributed by atoms with Crippen molar-refractivity contribution in [1.82, 2.24) is 5.32 Å². The molecule has 1 aliphatic heterocycles. The quantitative estimate of drug-likeness (QED) is 0.797. The standard InChI is InChI=1S/C23H30N2O3S/c1-7-29(27,28)25-17(5)12-20-13-19(8-9-22(20)25)23(26)24-18(6)21-11-15(3)14(2)10-16(21)4/h8-11,13,17-18H,7,12H2,1-6H3,(H,24,26)/t17-,18+/m1/s1. The van der Waals surface area contributed by atoms with Crippen molar-refractivity contribution < 1.29 is 13.2 Å². The van der Waals surface area contributed by atoms with Gasteiger partial charge in [-0.05, 0) is 94.0 Å². The Morgan fingerprint density at radius 2 is 1.79 bits per heavy atom. The summed E-state index contributed by atoms with van der Waals surface area (Å²) >= 11 is 0. The number of amides is 1. The number of rotatable bonds is 5. The summed E-state index contributed by atoms with van der Waals surface area (Å²) in [6.45, 7) is 11.8. The van der Waals surface area contributed by atoms with E-state index >= 15 is 0 Å². The minimum atomic E-state index is -3.33. The zero-order valence-corrected chi connectivity index (χ0v) is 18.9. The summed E-state index contributed by atoms with van der Waals surface area (Å²) < 4.78 is 26.3. The van der Waals surface area contributed by atoms with Crippen molar-refractivity contribution in [2.75, 3.05) is 10.1 Å². The minimum absolute atomic E-state index is 0.0614. The van der Waals surface area contributed by atoms with Crippen LogP contribution in [0.25, 0.3) is 0 Å². The number of carbonyl (C=O) groups is 1. The van der Waals surface area contributed by atoms with Crippen LogP contribution in [0.5, 0.6) is 0 Å². The number of aryl methyl sites for hydroxylation is 3. The summed E-state index contributed by atoms with van der Waals surface area (Å²) in [6.07, 6.45) is 0.613. The first-order chi connectivity index (χ1) is 13.5. The van der Waals surface area contributed by atoms with Gasteiger partial charge in [0.05, 0.1) is 17.5 Å². The van der Waals surface area contributed by atoms with Gasteiger partial charge < -0.3 is 5.32 Å². The first-order valence-electron chi connectivity index (χ1n) is 10.1. The van der Waals surface area contributed by atoms with Crippen molar-refractivity contribution in [2.45, 2.75) is 60.0 Å². The lowest BCUT2D eigenvalue weighted by atomic mass is 9.96. The largest absolute Gasteiger partial charge is 0.346 e. The molecule has 3 rings (SSSR count). The highest BCUT2D eigenvalue weighted by atomic mass is 32.2. The van der Waals surface area contributed by atoms with Crippen LogP contribution in [0, 0.1) is 20.8 Å². The van der Waals surface area contributed by atoms with Gasteiger partial charge in [-0.3, -0.25) is 9.10 Å². The SMILES string of the molecule is CCS(=O)(=O)N1c2ccc(C(=O)N[C@@H](C)c3cc(C)c(C)cc3C)cc2C[C@H]1C. The third-order valence-electron chi connectivity index (χ3n) is 5.86. The summed E-state index contributed by atoms with van der Waals surface area (Å²) in [6, 6.07) is 9.32. The van der Waals surface area contributed by atoms with Crippen LogP contribution in [-0.2, 0) is 16.4 Å². The molecule has 0 bridgehead atoms. The number of carbonyl (C=O) groups excluding carboxylic acids is 1. The van der Waals surface area contributed by atoms with E-state index in [0.29, 0.717) is 17.7 Å². The lowest BCUT2D eigenvalue weighted by molar-refractivity contribution is 0.0939. The van der Waals surface area contributed by atoms with Gasteiger partial charge in [-0.15, -0.1) is 0 Å². The van der Waals surface area contributed by atoms with Crippen LogP contribution in [0.2, 0.25) is 0 Å². The molecule has 1 N–H and O–H groups in total. The predicted octanol–water partition coefficient (Wildman–Crippen LogP) is 4.20. The van der Waals surface area contributed by atoms with E-state index in [1.165, 1.54) is 15.4 Å². The highest BCUT2D eigenvalue weighted by Gasteiger charge is 2.34. The molecule has 1 heterocycles. The van der Waals surface area contributed by atoms with Gasteiger partial charge in [0, 0.05) is 11.6 Å². The molecule has 1 amide bonds. The molecule has 0 aromatic heterocycles. The number of sulfonamides is 1. The first kappa shape index (κ1) is 21.4. The summed E-state index contributed by atoms with van der Waals surface area (Å²) in [5, 5.41) is 3.08. The van der Waals surface area contributed by atoms with Crippen molar-refractivity contribution in [1.29, 1.82) is 0 Å². The number of nitrogens with one attached hydrogen (secondary N) is 1. The van der Waals surface area contributed by atoms with E-state index in [0.717, 1.165) is 16.7 Å². The summed E-state index contributed by atoms with van der Waals surface area (Å²) in [5.74, 6) is -0.0892. The first-order valence-corrected chi connectivity index (χ1v) is 11.7. The van der Waals surface area contributed by atoms with Gasteiger partial charge in [0.15, 0.2) is 0 Å². The summed E-state index contributed by atoms with van der Waals surface area (Å²) in [4.78, 5) is 12.9. The average Bonchev–Trinajstić information content (AvgIpc) is 3.00. The average molecular weight is 415 g/mol. The second-order valence-corrected chi connectivity index (χ2v) is 10.2. The second kappa shape index (κ2) is 7.82. The van der Waals surface area contributed by atoms with Gasteiger partial charge in [0.1, 0.15) is 0 Å². The van der Waals surface area contributed by atoms with Crippen LogP contribution >= 0.6 is 0 Å². The van der Waals surface area contributed by atoms with E-state index in [1.807, 2.05) is 19.9 Å². The molecule has 1 aliphatic rings. The Kier molecular flexibility index (Phi) is 5.77. The molecule has 0 saturated carbocycles. The Hall–Kier alpha value is -2.34. The monoisotopic (exact) mass is 414 g/mol. The maximum absolute atomic E-state index is 12.9. The lowest BCUT2D eigenvalue weighted by Gasteiger charge is -2.23. The predicted molar refractivity (Wildman–Crippen MR) is 118 cm³/mol. The van der Waals surface area contributed by atoms with Crippen molar-refractivity contribution >= 4 is 21.6 Å². The molecule has 2 atom stereocenters. The molecule has 156 valence electrons. The third kappa shape index (κ3) is 4.04. The fourth-order valence-corrected chi connectivity index (χ4v) is 5.49. The Bertz CT molecular complexity index is 1060. The molecule has 5 nitrogen and oxygen atoms in total. The van der Waals surface area contributed by atoms with Crippen molar-refractivity contribution in [3.63, 3.8) is 0 Å². The molecule has 6 heteroatoms. The van der Waals surface area contributed by atoms with Gasteiger partial charge in [-0.2, -0.15) is 0 Å². The Morgan fingerprint density at radius 3 is 2.45 bits per heavy atom. The van der Waals surface area contributed by atoms with Crippen LogP contribution in [0.1, 0.15) is 65.0 Å². The van der Waals surface area contributed by atoms with E-state index in [-0.39, 0.29) is 23.7 Å². The number of benzene rings is 2. The maximum Gasteiger partial charge on any atom is 0.251 e. The second-order valence-electron chi connectivity index (χ2n) is 8.08. The molecular weight excluding hydrogens is 384 g/mol. The summed E-state index contributed by atoms with van der Waals surface area (Å²) in [7, 11) is -3.33. The van der Waals surface area contributed by atoms with Crippen LogP contribution in [0.15, 0.2) is 30.3 Å². The van der Waals surface area contributed by atoms with E-state index in [9.17, 15) is 13.2 Å².